The van der Waals surface area contributed by atoms with E-state index in [-0.39, 0.29) is 4.90 Å². The molecule has 94 valence electrons. The molecule has 3 N–H and O–H groups in total. The van der Waals surface area contributed by atoms with Crippen molar-refractivity contribution < 1.29 is 13.2 Å². The van der Waals surface area contributed by atoms with Crippen molar-refractivity contribution in [2.75, 3.05) is 31.2 Å². The number of anilines is 1. The summed E-state index contributed by atoms with van der Waals surface area (Å²) in [4.78, 5) is 4.07. The van der Waals surface area contributed by atoms with E-state index in [9.17, 15) is 8.42 Å². The second-order valence-corrected chi connectivity index (χ2v) is 5.43. The van der Waals surface area contributed by atoms with Gasteiger partial charge in [-0.2, -0.15) is 4.83 Å². The Balaban J connectivity index is 2.28. The van der Waals surface area contributed by atoms with Gasteiger partial charge in [-0.1, -0.05) is 6.07 Å². The summed E-state index contributed by atoms with van der Waals surface area (Å²) in [7, 11) is -3.59. The molecular weight excluding hydrogens is 242 g/mol. The standard InChI is InChI=1S/C10H15N3O3S/c11-12-17(14,15)10-3-1-2-9(8-10)13-4-6-16-7-5-13/h1-3,8,12H,4-7,11H2. The minimum absolute atomic E-state index is 0.170. The Morgan fingerprint density at radius 3 is 2.65 bits per heavy atom. The van der Waals surface area contributed by atoms with Crippen LogP contribution in [0.15, 0.2) is 29.2 Å². The van der Waals surface area contributed by atoms with Crippen molar-refractivity contribution in [1.82, 2.24) is 4.83 Å². The molecule has 2 rings (SSSR count). The highest BCUT2D eigenvalue weighted by atomic mass is 32.2. The van der Waals surface area contributed by atoms with Crippen LogP contribution in [-0.2, 0) is 14.8 Å². The number of hydrogen-bond donors (Lipinski definition) is 2. The molecule has 0 aliphatic carbocycles. The molecule has 17 heavy (non-hydrogen) atoms. The molecule has 0 aromatic heterocycles. The highest BCUT2D eigenvalue weighted by molar-refractivity contribution is 7.89. The number of hydrogen-bond acceptors (Lipinski definition) is 5. The van der Waals surface area contributed by atoms with Gasteiger partial charge in [0.1, 0.15) is 0 Å². The molecule has 1 aliphatic heterocycles. The fraction of sp³-hybridized carbons (Fsp3) is 0.400. The lowest BCUT2D eigenvalue weighted by Crippen LogP contribution is -2.36. The number of nitrogens with one attached hydrogen (secondary N) is 1. The first-order valence-electron chi connectivity index (χ1n) is 5.29. The first kappa shape index (κ1) is 12.3. The smallest absolute Gasteiger partial charge is 0.253 e. The molecule has 0 unspecified atom stereocenters. The first-order chi connectivity index (χ1) is 8.13. The first-order valence-corrected chi connectivity index (χ1v) is 6.77. The summed E-state index contributed by atoms with van der Waals surface area (Å²) in [5.41, 5.74) is 0.865. The van der Waals surface area contributed by atoms with Crippen molar-refractivity contribution in [2.24, 2.45) is 5.84 Å². The van der Waals surface area contributed by atoms with Gasteiger partial charge in [0.25, 0.3) is 10.0 Å². The van der Waals surface area contributed by atoms with Crippen LogP contribution in [0.2, 0.25) is 0 Å². The Bertz CT molecular complexity index is 483. The lowest BCUT2D eigenvalue weighted by atomic mass is 10.2. The van der Waals surface area contributed by atoms with Gasteiger partial charge in [0.2, 0.25) is 0 Å². The van der Waals surface area contributed by atoms with E-state index in [1.54, 1.807) is 12.1 Å². The maximum Gasteiger partial charge on any atom is 0.253 e. The third-order valence-corrected chi connectivity index (χ3v) is 3.84. The van der Waals surface area contributed by atoms with Crippen LogP contribution in [-0.4, -0.2) is 34.7 Å². The van der Waals surface area contributed by atoms with E-state index < -0.39 is 10.0 Å². The van der Waals surface area contributed by atoms with E-state index in [4.69, 9.17) is 10.6 Å². The Labute approximate surface area is 100 Å². The Kier molecular flexibility index (Phi) is 3.63. The molecular formula is C10H15N3O3S. The summed E-state index contributed by atoms with van der Waals surface area (Å²) in [6.07, 6.45) is 0. The molecule has 0 amide bonds. The van der Waals surface area contributed by atoms with Crippen LogP contribution in [0, 0.1) is 0 Å². The van der Waals surface area contributed by atoms with Gasteiger partial charge in [0.15, 0.2) is 0 Å². The zero-order valence-corrected chi connectivity index (χ0v) is 10.1. The van der Waals surface area contributed by atoms with Crippen molar-refractivity contribution in [3.05, 3.63) is 24.3 Å². The van der Waals surface area contributed by atoms with E-state index in [1.165, 1.54) is 6.07 Å². The Morgan fingerprint density at radius 2 is 2.00 bits per heavy atom. The maximum atomic E-state index is 11.6. The zero-order valence-electron chi connectivity index (χ0n) is 9.30. The number of sulfonamides is 1. The number of benzene rings is 1. The Hall–Kier alpha value is -1.15. The summed E-state index contributed by atoms with van der Waals surface area (Å²) in [6.45, 7) is 2.84. The highest BCUT2D eigenvalue weighted by Gasteiger charge is 2.15. The summed E-state index contributed by atoms with van der Waals surface area (Å²) in [6, 6.07) is 6.70. The summed E-state index contributed by atoms with van der Waals surface area (Å²) in [5, 5.41) is 0. The van der Waals surface area contributed by atoms with Crippen LogP contribution in [0.1, 0.15) is 0 Å². The van der Waals surface area contributed by atoms with E-state index in [0.29, 0.717) is 13.2 Å². The van der Waals surface area contributed by atoms with Crippen LogP contribution >= 0.6 is 0 Å². The van der Waals surface area contributed by atoms with Gasteiger partial charge < -0.3 is 9.64 Å². The molecule has 6 nitrogen and oxygen atoms in total. The van der Waals surface area contributed by atoms with Crippen LogP contribution < -0.4 is 15.6 Å². The third-order valence-electron chi connectivity index (χ3n) is 2.66. The maximum absolute atomic E-state index is 11.6. The van der Waals surface area contributed by atoms with Gasteiger partial charge in [-0.25, -0.2) is 8.42 Å². The van der Waals surface area contributed by atoms with Gasteiger partial charge in [-0.15, -0.1) is 0 Å². The van der Waals surface area contributed by atoms with Gasteiger partial charge in [-0.3, -0.25) is 5.84 Å². The summed E-state index contributed by atoms with van der Waals surface area (Å²) < 4.78 is 28.4. The summed E-state index contributed by atoms with van der Waals surface area (Å²) in [5.74, 6) is 5.00. The molecule has 0 radical (unpaired) electrons. The van der Waals surface area contributed by atoms with Gasteiger partial charge in [0.05, 0.1) is 18.1 Å². The SMILES string of the molecule is NNS(=O)(=O)c1cccc(N2CCOCC2)c1. The van der Waals surface area contributed by atoms with Crippen LogP contribution in [0.4, 0.5) is 5.69 Å². The molecule has 1 heterocycles. The van der Waals surface area contributed by atoms with Crippen molar-refractivity contribution >= 4 is 15.7 Å². The van der Waals surface area contributed by atoms with Crippen LogP contribution in [0.3, 0.4) is 0 Å². The minimum Gasteiger partial charge on any atom is -0.378 e. The number of hydrazine groups is 1. The van der Waals surface area contributed by atoms with E-state index >= 15 is 0 Å². The normalized spacial score (nSPS) is 17.1. The number of nitrogens with zero attached hydrogens (tertiary/aromatic N) is 1. The molecule has 1 aliphatic rings. The van der Waals surface area contributed by atoms with E-state index in [2.05, 4.69) is 4.90 Å². The predicted octanol–water partition coefficient (Wildman–Crippen LogP) is -0.325. The van der Waals surface area contributed by atoms with E-state index in [1.807, 2.05) is 10.9 Å². The quantitative estimate of drug-likeness (QED) is 0.572. The molecule has 7 heteroatoms. The average molecular weight is 257 g/mol. The van der Waals surface area contributed by atoms with Gasteiger partial charge in [-0.05, 0) is 18.2 Å². The largest absolute Gasteiger partial charge is 0.378 e. The second kappa shape index (κ2) is 5.01. The molecule has 1 aromatic carbocycles. The molecule has 0 saturated carbocycles. The number of rotatable bonds is 3. The predicted molar refractivity (Wildman–Crippen MR) is 64.0 cm³/mol. The fourth-order valence-electron chi connectivity index (χ4n) is 1.74. The third kappa shape index (κ3) is 2.75. The number of ether oxygens (including phenoxy) is 1. The topological polar surface area (TPSA) is 84.7 Å². The number of nitrogens with two attached hydrogens (primary N) is 1. The van der Waals surface area contributed by atoms with Crippen molar-refractivity contribution in [3.8, 4) is 0 Å². The average Bonchev–Trinajstić information content (AvgIpc) is 2.40. The lowest BCUT2D eigenvalue weighted by Gasteiger charge is -2.29. The Morgan fingerprint density at radius 1 is 1.29 bits per heavy atom. The highest BCUT2D eigenvalue weighted by Crippen LogP contribution is 2.19. The molecule has 0 bridgehead atoms. The summed E-state index contributed by atoms with van der Waals surface area (Å²) >= 11 is 0. The van der Waals surface area contributed by atoms with Crippen LogP contribution in [0.5, 0.6) is 0 Å². The zero-order chi connectivity index (χ0) is 12.3. The van der Waals surface area contributed by atoms with Crippen LogP contribution in [0.25, 0.3) is 0 Å². The molecule has 0 atom stereocenters. The van der Waals surface area contributed by atoms with Crippen molar-refractivity contribution in [3.63, 3.8) is 0 Å². The van der Waals surface area contributed by atoms with E-state index in [0.717, 1.165) is 18.8 Å². The second-order valence-electron chi connectivity index (χ2n) is 3.72. The minimum atomic E-state index is -3.59. The monoisotopic (exact) mass is 257 g/mol. The van der Waals surface area contributed by atoms with Crippen molar-refractivity contribution in [2.45, 2.75) is 4.90 Å². The lowest BCUT2D eigenvalue weighted by molar-refractivity contribution is 0.122. The number of morpholine rings is 1. The van der Waals surface area contributed by atoms with Crippen molar-refractivity contribution in [1.29, 1.82) is 0 Å². The molecule has 1 aromatic rings. The molecule has 1 fully saturated rings. The van der Waals surface area contributed by atoms with Gasteiger partial charge >= 0.3 is 0 Å². The molecule has 0 spiro atoms. The fourth-order valence-corrected chi connectivity index (χ4v) is 2.41. The van der Waals surface area contributed by atoms with Gasteiger partial charge in [0, 0.05) is 18.8 Å². The molecule has 1 saturated heterocycles.